The molecular weight excluding hydrogens is 246 g/mol. The van der Waals surface area contributed by atoms with Crippen molar-refractivity contribution in [2.75, 3.05) is 0 Å². The molecular formula is C18H32NO+. The molecule has 1 heterocycles. The normalized spacial score (nSPS) is 12.5. The van der Waals surface area contributed by atoms with Crippen LogP contribution in [0.15, 0.2) is 30.6 Å². The molecule has 0 amide bonds. The molecule has 0 saturated heterocycles. The zero-order valence-electron chi connectivity index (χ0n) is 13.4. The molecule has 0 saturated carbocycles. The van der Waals surface area contributed by atoms with Crippen LogP contribution < -0.4 is 4.57 Å². The van der Waals surface area contributed by atoms with Gasteiger partial charge in [0.1, 0.15) is 0 Å². The molecule has 1 atom stereocenters. The Morgan fingerprint density at radius 2 is 1.45 bits per heavy atom. The quantitative estimate of drug-likeness (QED) is 0.393. The highest BCUT2D eigenvalue weighted by atomic mass is 16.5. The van der Waals surface area contributed by atoms with Crippen molar-refractivity contribution < 1.29 is 9.30 Å². The lowest BCUT2D eigenvalue weighted by molar-refractivity contribution is -0.734. The molecule has 0 aliphatic rings. The Morgan fingerprint density at radius 1 is 0.850 bits per heavy atom. The summed E-state index contributed by atoms with van der Waals surface area (Å²) in [5.41, 5.74) is 0. The Hall–Kier alpha value is -0.890. The Morgan fingerprint density at radius 3 is 2.10 bits per heavy atom. The van der Waals surface area contributed by atoms with E-state index < -0.39 is 0 Å². The first-order valence-electron chi connectivity index (χ1n) is 8.38. The van der Waals surface area contributed by atoms with Gasteiger partial charge in [0.2, 0.25) is 0 Å². The maximum atomic E-state index is 5.85. The average molecular weight is 278 g/mol. The number of pyridine rings is 1. The van der Waals surface area contributed by atoms with Crippen molar-refractivity contribution in [1.82, 2.24) is 0 Å². The van der Waals surface area contributed by atoms with Crippen molar-refractivity contribution in [3.63, 3.8) is 0 Å². The minimum Gasteiger partial charge on any atom is -0.320 e. The minimum atomic E-state index is 0.364. The lowest BCUT2D eigenvalue weighted by Crippen LogP contribution is -2.35. The van der Waals surface area contributed by atoms with Crippen molar-refractivity contribution in [2.45, 2.75) is 84.5 Å². The third-order valence-electron chi connectivity index (χ3n) is 3.75. The average Bonchev–Trinajstić information content (AvgIpc) is 2.49. The van der Waals surface area contributed by atoms with Crippen LogP contribution in [-0.2, 0) is 11.5 Å². The van der Waals surface area contributed by atoms with Crippen molar-refractivity contribution >= 4 is 0 Å². The van der Waals surface area contributed by atoms with E-state index in [1.807, 2.05) is 30.6 Å². The highest BCUT2D eigenvalue weighted by Crippen LogP contribution is 2.11. The molecule has 114 valence electrons. The van der Waals surface area contributed by atoms with Gasteiger partial charge in [-0.2, -0.15) is 4.57 Å². The van der Waals surface area contributed by atoms with E-state index in [4.69, 9.17) is 4.74 Å². The van der Waals surface area contributed by atoms with Crippen LogP contribution in [0.2, 0.25) is 0 Å². The zero-order valence-corrected chi connectivity index (χ0v) is 13.4. The smallest absolute Gasteiger partial charge is 0.252 e. The molecule has 0 aliphatic carbocycles. The standard InChI is InChI=1S/C18H32NO/c1-3-4-5-6-7-8-9-11-14-18(2)20-17-19-15-12-10-13-16-19/h10,12-13,15-16,18H,3-9,11,14,17H2,1-2H3/q+1. The number of hydrogen-bond donors (Lipinski definition) is 0. The molecule has 1 aromatic rings. The third kappa shape index (κ3) is 9.08. The van der Waals surface area contributed by atoms with Crippen LogP contribution in [0.5, 0.6) is 0 Å². The number of hydrogen-bond acceptors (Lipinski definition) is 1. The van der Waals surface area contributed by atoms with Crippen LogP contribution in [0, 0.1) is 0 Å². The first kappa shape index (κ1) is 17.2. The highest BCUT2D eigenvalue weighted by Gasteiger charge is 2.05. The number of nitrogens with zero attached hydrogens (tertiary/aromatic N) is 1. The van der Waals surface area contributed by atoms with E-state index in [1.54, 1.807) is 0 Å². The Balaban J connectivity index is 1.91. The molecule has 0 fully saturated rings. The van der Waals surface area contributed by atoms with Gasteiger partial charge in [0.25, 0.3) is 6.73 Å². The molecule has 0 N–H and O–H groups in total. The van der Waals surface area contributed by atoms with Gasteiger partial charge in [-0.3, -0.25) is 0 Å². The predicted molar refractivity (Wildman–Crippen MR) is 84.4 cm³/mol. The largest absolute Gasteiger partial charge is 0.320 e. The van der Waals surface area contributed by atoms with Crippen molar-refractivity contribution in [3.05, 3.63) is 30.6 Å². The van der Waals surface area contributed by atoms with Crippen LogP contribution >= 0.6 is 0 Å². The van der Waals surface area contributed by atoms with Crippen molar-refractivity contribution in [1.29, 1.82) is 0 Å². The summed E-state index contributed by atoms with van der Waals surface area (Å²) >= 11 is 0. The van der Waals surface area contributed by atoms with E-state index in [1.165, 1.54) is 57.8 Å². The maximum absolute atomic E-state index is 5.85. The second-order valence-electron chi connectivity index (χ2n) is 5.76. The van der Waals surface area contributed by atoms with Gasteiger partial charge in [0, 0.05) is 12.1 Å². The fourth-order valence-electron chi connectivity index (χ4n) is 2.38. The highest BCUT2D eigenvalue weighted by molar-refractivity contribution is 4.83. The fourth-order valence-corrected chi connectivity index (χ4v) is 2.38. The van der Waals surface area contributed by atoms with E-state index in [0.717, 1.165) is 0 Å². The summed E-state index contributed by atoms with van der Waals surface area (Å²) < 4.78 is 7.92. The van der Waals surface area contributed by atoms with Gasteiger partial charge in [-0.25, -0.2) is 0 Å². The minimum absolute atomic E-state index is 0.364. The van der Waals surface area contributed by atoms with Gasteiger partial charge >= 0.3 is 0 Å². The lowest BCUT2D eigenvalue weighted by Gasteiger charge is -2.10. The molecule has 1 aromatic heterocycles. The van der Waals surface area contributed by atoms with Gasteiger partial charge in [-0.15, -0.1) is 0 Å². The Kier molecular flexibility index (Phi) is 10.2. The van der Waals surface area contributed by atoms with Gasteiger partial charge in [0.15, 0.2) is 12.4 Å². The number of aromatic nitrogens is 1. The van der Waals surface area contributed by atoms with E-state index in [-0.39, 0.29) is 0 Å². The van der Waals surface area contributed by atoms with Crippen molar-refractivity contribution in [2.24, 2.45) is 0 Å². The van der Waals surface area contributed by atoms with E-state index in [0.29, 0.717) is 12.8 Å². The lowest BCUT2D eigenvalue weighted by atomic mass is 10.1. The van der Waals surface area contributed by atoms with Crippen molar-refractivity contribution in [3.8, 4) is 0 Å². The monoisotopic (exact) mass is 278 g/mol. The van der Waals surface area contributed by atoms with Gasteiger partial charge in [-0.1, -0.05) is 64.4 Å². The second-order valence-corrected chi connectivity index (χ2v) is 5.76. The molecule has 1 unspecified atom stereocenters. The van der Waals surface area contributed by atoms with Crippen LogP contribution in [0.3, 0.4) is 0 Å². The first-order valence-corrected chi connectivity index (χ1v) is 8.38. The molecule has 1 rings (SSSR count). The molecule has 0 aromatic carbocycles. The summed E-state index contributed by atoms with van der Waals surface area (Å²) in [5.74, 6) is 0. The summed E-state index contributed by atoms with van der Waals surface area (Å²) in [5, 5.41) is 0. The second kappa shape index (κ2) is 11.9. The summed E-state index contributed by atoms with van der Waals surface area (Å²) in [6, 6.07) is 6.10. The Labute approximate surface area is 125 Å². The molecule has 20 heavy (non-hydrogen) atoms. The first-order chi connectivity index (χ1) is 9.83. The van der Waals surface area contributed by atoms with E-state index >= 15 is 0 Å². The molecule has 0 radical (unpaired) electrons. The molecule has 2 heteroatoms. The van der Waals surface area contributed by atoms with Crippen LogP contribution in [0.1, 0.15) is 71.6 Å². The summed E-state index contributed by atoms with van der Waals surface area (Å²) in [6.07, 6.45) is 16.7. The SMILES string of the molecule is CCCCCCCCCCC(C)OC[n+]1ccccc1. The topological polar surface area (TPSA) is 13.1 Å². The van der Waals surface area contributed by atoms with Crippen LogP contribution in [0.4, 0.5) is 0 Å². The summed E-state index contributed by atoms with van der Waals surface area (Å²) in [4.78, 5) is 0. The van der Waals surface area contributed by atoms with Gasteiger partial charge < -0.3 is 4.74 Å². The Bertz CT molecular complexity index is 312. The third-order valence-corrected chi connectivity index (χ3v) is 3.75. The number of unbranched alkanes of at least 4 members (excludes halogenated alkanes) is 7. The summed E-state index contributed by atoms with van der Waals surface area (Å²) in [6.45, 7) is 5.12. The maximum Gasteiger partial charge on any atom is 0.252 e. The summed E-state index contributed by atoms with van der Waals surface area (Å²) in [7, 11) is 0. The number of ether oxygens (including phenoxy) is 1. The molecule has 0 spiro atoms. The van der Waals surface area contributed by atoms with Crippen LogP contribution in [-0.4, -0.2) is 6.10 Å². The van der Waals surface area contributed by atoms with E-state index in [2.05, 4.69) is 18.4 Å². The van der Waals surface area contributed by atoms with E-state index in [9.17, 15) is 0 Å². The molecule has 0 bridgehead atoms. The fraction of sp³-hybridized carbons (Fsp3) is 0.722. The zero-order chi connectivity index (χ0) is 14.5. The predicted octanol–water partition coefficient (Wildman–Crippen LogP) is 4.87. The van der Waals surface area contributed by atoms with Gasteiger partial charge in [-0.05, 0) is 13.3 Å². The van der Waals surface area contributed by atoms with Gasteiger partial charge in [0.05, 0.1) is 6.10 Å². The number of rotatable bonds is 12. The molecule has 0 aliphatic heterocycles. The molecule has 2 nitrogen and oxygen atoms in total. The van der Waals surface area contributed by atoms with Crippen LogP contribution in [0.25, 0.3) is 0 Å².